The Balaban J connectivity index is 2.40. The highest BCUT2D eigenvalue weighted by molar-refractivity contribution is 8.00. The van der Waals surface area contributed by atoms with E-state index in [1.54, 1.807) is 0 Å². The van der Waals surface area contributed by atoms with E-state index in [-0.39, 0.29) is 11.3 Å². The molecule has 1 fully saturated rings. The van der Waals surface area contributed by atoms with Crippen LogP contribution in [0.1, 0.15) is 39.0 Å². The first-order valence-corrected chi connectivity index (χ1v) is 7.36. The van der Waals surface area contributed by atoms with Crippen molar-refractivity contribution >= 4 is 17.7 Å². The molecule has 1 aliphatic rings. The van der Waals surface area contributed by atoms with Crippen LogP contribution < -0.4 is 5.32 Å². The molecule has 17 heavy (non-hydrogen) atoms. The van der Waals surface area contributed by atoms with Crippen LogP contribution in [0.25, 0.3) is 0 Å². The summed E-state index contributed by atoms with van der Waals surface area (Å²) in [5.41, 5.74) is -1.67. The van der Waals surface area contributed by atoms with Crippen LogP contribution in [0.5, 0.6) is 0 Å². The molecule has 0 radical (unpaired) electrons. The predicted octanol–water partition coefficient (Wildman–Crippen LogP) is 1.48. The van der Waals surface area contributed by atoms with E-state index < -0.39 is 11.6 Å². The van der Waals surface area contributed by atoms with Crippen LogP contribution in [0.15, 0.2) is 0 Å². The summed E-state index contributed by atoms with van der Waals surface area (Å²) in [6, 6.07) is 0. The molecular weight excluding hydrogens is 238 g/mol. The van der Waals surface area contributed by atoms with Crippen LogP contribution in [0.2, 0.25) is 0 Å². The Morgan fingerprint density at radius 1 is 1.41 bits per heavy atom. The molecule has 100 valence electrons. The SMILES string of the molecule is CSC1(CNCC(C)(O)C(=O)O)CCCCC1. The molecule has 1 atom stereocenters. The third-order valence-electron chi connectivity index (χ3n) is 3.57. The number of rotatable bonds is 6. The third kappa shape index (κ3) is 4.16. The fourth-order valence-electron chi connectivity index (χ4n) is 2.26. The Morgan fingerprint density at radius 3 is 2.47 bits per heavy atom. The Hall–Kier alpha value is -0.260. The fourth-order valence-corrected chi connectivity index (χ4v) is 3.20. The fraction of sp³-hybridized carbons (Fsp3) is 0.917. The van der Waals surface area contributed by atoms with E-state index in [0.29, 0.717) is 0 Å². The Morgan fingerprint density at radius 2 is 2.00 bits per heavy atom. The molecule has 0 saturated heterocycles. The van der Waals surface area contributed by atoms with E-state index in [1.165, 1.54) is 39.0 Å². The minimum Gasteiger partial charge on any atom is -0.479 e. The van der Waals surface area contributed by atoms with E-state index in [1.807, 2.05) is 11.8 Å². The molecule has 0 aromatic carbocycles. The smallest absolute Gasteiger partial charge is 0.336 e. The number of hydrogen-bond acceptors (Lipinski definition) is 4. The molecule has 0 aromatic heterocycles. The quantitative estimate of drug-likeness (QED) is 0.675. The first-order chi connectivity index (χ1) is 7.92. The second kappa shape index (κ2) is 6.07. The van der Waals surface area contributed by atoms with Crippen molar-refractivity contribution in [1.82, 2.24) is 5.32 Å². The van der Waals surface area contributed by atoms with Crippen molar-refractivity contribution in [3.05, 3.63) is 0 Å². The molecule has 1 unspecified atom stereocenters. The maximum atomic E-state index is 10.8. The van der Waals surface area contributed by atoms with Crippen LogP contribution in [0, 0.1) is 0 Å². The van der Waals surface area contributed by atoms with Gasteiger partial charge in [0.2, 0.25) is 0 Å². The van der Waals surface area contributed by atoms with Crippen molar-refractivity contribution in [2.24, 2.45) is 0 Å². The molecule has 0 spiro atoms. The first-order valence-electron chi connectivity index (χ1n) is 6.14. The molecule has 0 aliphatic heterocycles. The summed E-state index contributed by atoms with van der Waals surface area (Å²) >= 11 is 1.86. The summed E-state index contributed by atoms with van der Waals surface area (Å²) in [5.74, 6) is -1.17. The molecule has 1 saturated carbocycles. The standard InChI is InChI=1S/C12H23NO3S/c1-11(16,10(14)15)8-13-9-12(17-2)6-4-3-5-7-12/h13,16H,3-9H2,1-2H3,(H,14,15). The van der Waals surface area contributed by atoms with Crippen LogP contribution in [0.4, 0.5) is 0 Å². The molecular formula is C12H23NO3S. The van der Waals surface area contributed by atoms with Gasteiger partial charge in [-0.1, -0.05) is 19.3 Å². The van der Waals surface area contributed by atoms with Gasteiger partial charge in [0, 0.05) is 17.8 Å². The van der Waals surface area contributed by atoms with E-state index in [9.17, 15) is 9.90 Å². The number of carboxylic acids is 1. The molecule has 0 amide bonds. The average molecular weight is 261 g/mol. The van der Waals surface area contributed by atoms with Gasteiger partial charge < -0.3 is 15.5 Å². The van der Waals surface area contributed by atoms with Crippen LogP contribution in [-0.2, 0) is 4.79 Å². The minimum atomic E-state index is -1.67. The van der Waals surface area contributed by atoms with E-state index in [2.05, 4.69) is 11.6 Å². The third-order valence-corrected chi connectivity index (χ3v) is 4.99. The van der Waals surface area contributed by atoms with Gasteiger partial charge in [0.15, 0.2) is 5.60 Å². The van der Waals surface area contributed by atoms with Gasteiger partial charge in [-0.05, 0) is 26.0 Å². The minimum absolute atomic E-state index is 0.102. The highest BCUT2D eigenvalue weighted by Gasteiger charge is 2.33. The van der Waals surface area contributed by atoms with Gasteiger partial charge in [0.25, 0.3) is 0 Å². The summed E-state index contributed by atoms with van der Waals surface area (Å²) in [6.07, 6.45) is 8.26. The van der Waals surface area contributed by atoms with Crippen molar-refractivity contribution in [3.8, 4) is 0 Å². The number of hydrogen-bond donors (Lipinski definition) is 3. The van der Waals surface area contributed by atoms with E-state index in [0.717, 1.165) is 6.54 Å². The number of nitrogens with one attached hydrogen (secondary N) is 1. The summed E-state index contributed by atoms with van der Waals surface area (Å²) in [4.78, 5) is 10.8. The van der Waals surface area contributed by atoms with Crippen molar-refractivity contribution < 1.29 is 15.0 Å². The van der Waals surface area contributed by atoms with Gasteiger partial charge in [0.05, 0.1) is 0 Å². The van der Waals surface area contributed by atoms with Gasteiger partial charge in [-0.2, -0.15) is 11.8 Å². The number of carboxylic acid groups (broad SMARTS) is 1. The van der Waals surface area contributed by atoms with Crippen LogP contribution in [0.3, 0.4) is 0 Å². The number of aliphatic hydroxyl groups is 1. The summed E-state index contributed by atoms with van der Waals surface area (Å²) in [7, 11) is 0. The highest BCUT2D eigenvalue weighted by atomic mass is 32.2. The summed E-state index contributed by atoms with van der Waals surface area (Å²) in [5, 5.41) is 21.5. The predicted molar refractivity (Wildman–Crippen MR) is 70.5 cm³/mol. The molecule has 0 heterocycles. The second-order valence-electron chi connectivity index (χ2n) is 5.13. The van der Waals surface area contributed by atoms with Crippen LogP contribution in [-0.4, -0.2) is 45.9 Å². The van der Waals surface area contributed by atoms with Gasteiger partial charge in [-0.25, -0.2) is 4.79 Å². The van der Waals surface area contributed by atoms with Gasteiger partial charge in [-0.15, -0.1) is 0 Å². The zero-order valence-corrected chi connectivity index (χ0v) is 11.5. The molecule has 4 nitrogen and oxygen atoms in total. The summed E-state index contributed by atoms with van der Waals surface area (Å²) in [6.45, 7) is 2.21. The highest BCUT2D eigenvalue weighted by Crippen LogP contribution is 2.37. The van der Waals surface area contributed by atoms with Crippen molar-refractivity contribution in [2.45, 2.75) is 49.4 Å². The topological polar surface area (TPSA) is 69.6 Å². The Labute approximate surface area is 107 Å². The molecule has 0 bridgehead atoms. The first kappa shape index (κ1) is 14.8. The normalized spacial score (nSPS) is 23.0. The van der Waals surface area contributed by atoms with Gasteiger partial charge in [-0.3, -0.25) is 0 Å². The molecule has 5 heteroatoms. The van der Waals surface area contributed by atoms with Gasteiger partial charge in [0.1, 0.15) is 0 Å². The lowest BCUT2D eigenvalue weighted by Crippen LogP contribution is -2.49. The monoisotopic (exact) mass is 261 g/mol. The maximum Gasteiger partial charge on any atom is 0.336 e. The number of thioether (sulfide) groups is 1. The second-order valence-corrected chi connectivity index (χ2v) is 6.40. The molecule has 1 aliphatic carbocycles. The Bertz CT molecular complexity index is 262. The zero-order valence-electron chi connectivity index (χ0n) is 10.7. The number of carbonyl (C=O) groups is 1. The molecule has 0 aromatic rings. The average Bonchev–Trinajstić information content (AvgIpc) is 2.30. The molecule has 1 rings (SSSR count). The lowest BCUT2D eigenvalue weighted by Gasteiger charge is -2.36. The molecule has 3 N–H and O–H groups in total. The van der Waals surface area contributed by atoms with Crippen molar-refractivity contribution in [1.29, 1.82) is 0 Å². The maximum absolute atomic E-state index is 10.8. The summed E-state index contributed by atoms with van der Waals surface area (Å²) < 4.78 is 0.229. The van der Waals surface area contributed by atoms with Crippen molar-refractivity contribution in [3.63, 3.8) is 0 Å². The lowest BCUT2D eigenvalue weighted by molar-refractivity contribution is -0.156. The Kier molecular flexibility index (Phi) is 5.28. The zero-order chi connectivity index (χ0) is 12.9. The van der Waals surface area contributed by atoms with E-state index in [4.69, 9.17) is 5.11 Å². The number of aliphatic carboxylic acids is 1. The largest absolute Gasteiger partial charge is 0.479 e. The van der Waals surface area contributed by atoms with Crippen LogP contribution >= 0.6 is 11.8 Å². The lowest BCUT2D eigenvalue weighted by atomic mass is 9.88. The van der Waals surface area contributed by atoms with Crippen molar-refractivity contribution in [2.75, 3.05) is 19.3 Å². The van der Waals surface area contributed by atoms with Gasteiger partial charge >= 0.3 is 5.97 Å². The van der Waals surface area contributed by atoms with E-state index >= 15 is 0 Å².